The Balaban J connectivity index is 1.92. The molecule has 0 amide bonds. The molecular formula is C19H32N4O4S. The van der Waals surface area contributed by atoms with Crippen LogP contribution in [0.2, 0.25) is 0 Å². The molecule has 0 saturated carbocycles. The number of nitrogens with zero attached hydrogens (tertiary/aromatic N) is 3. The number of guanidine groups is 1. The van der Waals surface area contributed by atoms with E-state index in [1.807, 2.05) is 32.9 Å². The fraction of sp³-hybridized carbons (Fsp3) is 0.632. The van der Waals surface area contributed by atoms with Crippen LogP contribution in [0.25, 0.3) is 0 Å². The molecule has 0 unspecified atom stereocenters. The normalized spacial score (nSPS) is 16.6. The lowest BCUT2D eigenvalue weighted by molar-refractivity contribution is 0.0904. The molecule has 2 N–H and O–H groups in total. The number of hydrogen-bond acceptors (Lipinski definition) is 5. The van der Waals surface area contributed by atoms with E-state index in [-0.39, 0.29) is 24.2 Å². The van der Waals surface area contributed by atoms with E-state index in [1.54, 1.807) is 12.1 Å². The Morgan fingerprint density at radius 2 is 1.86 bits per heavy atom. The molecule has 0 radical (unpaired) electrons. The predicted octanol–water partition coefficient (Wildman–Crippen LogP) is 1.23. The molecule has 0 aromatic heterocycles. The summed E-state index contributed by atoms with van der Waals surface area (Å²) in [6, 6.07) is 6.97. The molecule has 0 spiro atoms. The quantitative estimate of drug-likeness (QED) is 0.493. The zero-order chi connectivity index (χ0) is 20.6. The van der Waals surface area contributed by atoms with Crippen molar-refractivity contribution in [3.8, 4) is 5.75 Å². The predicted molar refractivity (Wildman–Crippen MR) is 111 cm³/mol. The minimum atomic E-state index is -3.30. The maximum atomic E-state index is 12.5. The van der Waals surface area contributed by atoms with Crippen molar-refractivity contribution in [3.63, 3.8) is 0 Å². The van der Waals surface area contributed by atoms with Crippen molar-refractivity contribution in [1.82, 2.24) is 14.5 Å². The number of phenolic OH excluding ortho intramolecular Hbond substituents is 1. The summed E-state index contributed by atoms with van der Waals surface area (Å²) >= 11 is 0. The van der Waals surface area contributed by atoms with Gasteiger partial charge in [0.15, 0.2) is 5.96 Å². The number of aliphatic imine (C=N–C) groups is 1. The van der Waals surface area contributed by atoms with Crippen LogP contribution in [0.1, 0.15) is 26.3 Å². The zero-order valence-electron chi connectivity index (χ0n) is 17.0. The third-order valence-electron chi connectivity index (χ3n) is 4.41. The molecule has 1 aromatic rings. The van der Waals surface area contributed by atoms with Gasteiger partial charge in [0.05, 0.1) is 25.0 Å². The van der Waals surface area contributed by atoms with Crippen LogP contribution in [0.4, 0.5) is 0 Å². The van der Waals surface area contributed by atoms with Crippen LogP contribution in [0, 0.1) is 0 Å². The van der Waals surface area contributed by atoms with Gasteiger partial charge in [-0.05, 0) is 38.5 Å². The number of nitrogens with one attached hydrogen (secondary N) is 1. The first kappa shape index (κ1) is 22.4. The lowest BCUT2D eigenvalue weighted by Gasteiger charge is -2.36. The molecule has 1 saturated heterocycles. The molecule has 0 atom stereocenters. The fourth-order valence-electron chi connectivity index (χ4n) is 2.89. The van der Waals surface area contributed by atoms with E-state index in [1.165, 1.54) is 4.31 Å². The molecule has 1 aromatic carbocycles. The van der Waals surface area contributed by atoms with E-state index in [2.05, 4.69) is 15.2 Å². The lowest BCUT2D eigenvalue weighted by atomic mass is 10.2. The molecule has 0 bridgehead atoms. The molecule has 2 rings (SSSR count). The second-order valence-electron chi connectivity index (χ2n) is 6.96. The zero-order valence-corrected chi connectivity index (χ0v) is 17.8. The molecular weight excluding hydrogens is 380 g/mol. The Kier molecular flexibility index (Phi) is 8.53. The first-order chi connectivity index (χ1) is 13.3. The Bertz CT molecular complexity index is 727. The summed E-state index contributed by atoms with van der Waals surface area (Å²) in [6.45, 7) is 9.30. The van der Waals surface area contributed by atoms with Gasteiger partial charge in [-0.25, -0.2) is 13.4 Å². The van der Waals surface area contributed by atoms with Crippen LogP contribution in [0.5, 0.6) is 5.75 Å². The number of phenols is 1. The number of benzene rings is 1. The maximum absolute atomic E-state index is 12.5. The maximum Gasteiger partial charge on any atom is 0.216 e. The van der Waals surface area contributed by atoms with E-state index in [4.69, 9.17) is 4.74 Å². The minimum Gasteiger partial charge on any atom is -0.508 e. The fourth-order valence-corrected chi connectivity index (χ4v) is 4.17. The van der Waals surface area contributed by atoms with Crippen LogP contribution < -0.4 is 5.32 Å². The van der Waals surface area contributed by atoms with Crippen molar-refractivity contribution in [2.45, 2.75) is 33.4 Å². The standard InChI is InChI=1S/C19H32N4O4S/c1-4-20-19(21-15-17-5-7-18(24)8-6-17)22-9-11-23(12-10-22)28(25,26)14-13-27-16(2)3/h5-8,16,24H,4,9-15H2,1-3H3,(H,20,21). The summed E-state index contributed by atoms with van der Waals surface area (Å²) in [5.74, 6) is 1.02. The second kappa shape index (κ2) is 10.6. The van der Waals surface area contributed by atoms with Gasteiger partial charge >= 0.3 is 0 Å². The Morgan fingerprint density at radius 3 is 2.43 bits per heavy atom. The van der Waals surface area contributed by atoms with Crippen molar-refractivity contribution in [3.05, 3.63) is 29.8 Å². The van der Waals surface area contributed by atoms with E-state index in [0.717, 1.165) is 18.1 Å². The van der Waals surface area contributed by atoms with Gasteiger partial charge in [0.25, 0.3) is 0 Å². The molecule has 0 aliphatic carbocycles. The first-order valence-electron chi connectivity index (χ1n) is 9.72. The highest BCUT2D eigenvalue weighted by atomic mass is 32.2. The lowest BCUT2D eigenvalue weighted by Crippen LogP contribution is -2.54. The van der Waals surface area contributed by atoms with Crippen molar-refractivity contribution in [2.75, 3.05) is 45.1 Å². The molecule has 1 heterocycles. The molecule has 158 valence electrons. The highest BCUT2D eigenvalue weighted by Crippen LogP contribution is 2.12. The van der Waals surface area contributed by atoms with Crippen molar-refractivity contribution >= 4 is 16.0 Å². The van der Waals surface area contributed by atoms with E-state index >= 15 is 0 Å². The number of aromatic hydroxyl groups is 1. The van der Waals surface area contributed by atoms with Gasteiger partial charge in [-0.15, -0.1) is 0 Å². The molecule has 1 aliphatic heterocycles. The van der Waals surface area contributed by atoms with Crippen molar-refractivity contribution < 1.29 is 18.3 Å². The summed E-state index contributed by atoms with van der Waals surface area (Å²) in [7, 11) is -3.30. The van der Waals surface area contributed by atoms with Crippen LogP contribution in [0.3, 0.4) is 0 Å². The largest absolute Gasteiger partial charge is 0.508 e. The van der Waals surface area contributed by atoms with Gasteiger partial charge in [-0.2, -0.15) is 4.31 Å². The smallest absolute Gasteiger partial charge is 0.216 e. The SMILES string of the molecule is CCNC(=NCc1ccc(O)cc1)N1CCN(S(=O)(=O)CCOC(C)C)CC1. The summed E-state index contributed by atoms with van der Waals surface area (Å²) in [6.07, 6.45) is 0.0273. The third kappa shape index (κ3) is 6.96. The van der Waals surface area contributed by atoms with Gasteiger partial charge < -0.3 is 20.1 Å². The Labute approximate surface area is 168 Å². The Morgan fingerprint density at radius 1 is 1.21 bits per heavy atom. The summed E-state index contributed by atoms with van der Waals surface area (Å²) < 4.78 is 31.9. The Hall–Kier alpha value is -1.84. The third-order valence-corrected chi connectivity index (χ3v) is 6.24. The summed E-state index contributed by atoms with van der Waals surface area (Å²) in [5, 5.41) is 12.6. The van der Waals surface area contributed by atoms with Gasteiger partial charge in [-0.3, -0.25) is 0 Å². The monoisotopic (exact) mass is 412 g/mol. The molecule has 9 heteroatoms. The van der Waals surface area contributed by atoms with E-state index in [0.29, 0.717) is 32.7 Å². The van der Waals surface area contributed by atoms with Gasteiger partial charge in [-0.1, -0.05) is 12.1 Å². The number of piperazine rings is 1. The number of ether oxygens (including phenoxy) is 1. The number of hydrogen-bond donors (Lipinski definition) is 2. The van der Waals surface area contributed by atoms with Gasteiger partial charge in [0, 0.05) is 32.7 Å². The molecule has 1 fully saturated rings. The molecule has 8 nitrogen and oxygen atoms in total. The second-order valence-corrected chi connectivity index (χ2v) is 9.05. The van der Waals surface area contributed by atoms with Gasteiger partial charge in [0.1, 0.15) is 5.75 Å². The van der Waals surface area contributed by atoms with Crippen LogP contribution in [-0.2, 0) is 21.3 Å². The highest BCUT2D eigenvalue weighted by molar-refractivity contribution is 7.89. The average molecular weight is 413 g/mol. The van der Waals surface area contributed by atoms with E-state index in [9.17, 15) is 13.5 Å². The molecule has 1 aliphatic rings. The van der Waals surface area contributed by atoms with Crippen molar-refractivity contribution in [1.29, 1.82) is 0 Å². The number of sulfonamides is 1. The summed E-state index contributed by atoms with van der Waals surface area (Å²) in [5.41, 5.74) is 1.000. The van der Waals surface area contributed by atoms with E-state index < -0.39 is 10.0 Å². The van der Waals surface area contributed by atoms with Crippen LogP contribution in [-0.4, -0.2) is 79.9 Å². The van der Waals surface area contributed by atoms with Crippen LogP contribution in [0.15, 0.2) is 29.3 Å². The van der Waals surface area contributed by atoms with Crippen molar-refractivity contribution in [2.24, 2.45) is 4.99 Å². The van der Waals surface area contributed by atoms with Gasteiger partial charge in [0.2, 0.25) is 10.0 Å². The number of rotatable bonds is 8. The topological polar surface area (TPSA) is 94.5 Å². The summed E-state index contributed by atoms with van der Waals surface area (Å²) in [4.78, 5) is 6.74. The average Bonchev–Trinajstić information content (AvgIpc) is 2.66. The highest BCUT2D eigenvalue weighted by Gasteiger charge is 2.28. The first-order valence-corrected chi connectivity index (χ1v) is 11.3. The minimum absolute atomic E-state index is 0.0141. The molecule has 28 heavy (non-hydrogen) atoms. The van der Waals surface area contributed by atoms with Crippen LogP contribution >= 0.6 is 0 Å².